The minimum absolute atomic E-state index is 0.0960. The third-order valence-corrected chi connectivity index (χ3v) is 7.84. The van der Waals surface area contributed by atoms with E-state index < -0.39 is 17.5 Å². The van der Waals surface area contributed by atoms with E-state index in [1.165, 1.54) is 4.90 Å². The Balaban J connectivity index is 1.09. The molecule has 0 bridgehead atoms. The van der Waals surface area contributed by atoms with Crippen molar-refractivity contribution >= 4 is 16.9 Å². The summed E-state index contributed by atoms with van der Waals surface area (Å²) in [5, 5.41) is 0. The molecule has 1 aromatic carbocycles. The Bertz CT molecular complexity index is 1540. The van der Waals surface area contributed by atoms with Gasteiger partial charge in [-0.2, -0.15) is 13.2 Å². The highest BCUT2D eigenvalue weighted by Gasteiger charge is 2.69. The average Bonchev–Trinajstić information content (AvgIpc) is 3.68. The number of alkyl halides is 3. The second-order valence-corrected chi connectivity index (χ2v) is 10.5. The number of nitrogens with zero attached hydrogens (tertiary/aromatic N) is 5. The number of aromatic nitrogens is 4. The fraction of sp³-hybridized carbons (Fsp3) is 0.379. The highest BCUT2D eigenvalue weighted by molar-refractivity contribution is 5.86. The Kier molecular flexibility index (Phi) is 6.69. The second kappa shape index (κ2) is 10.2. The number of pyridine rings is 2. The summed E-state index contributed by atoms with van der Waals surface area (Å²) >= 11 is 0. The van der Waals surface area contributed by atoms with Gasteiger partial charge in [-0.05, 0) is 54.3 Å². The summed E-state index contributed by atoms with van der Waals surface area (Å²) < 4.78 is 45.5. The number of carbonyl (C=O) groups excluding carboxylic acids is 1. The average molecular weight is 551 g/mol. The smallest absolute Gasteiger partial charge is 0.403 e. The molecule has 1 aliphatic carbocycles. The summed E-state index contributed by atoms with van der Waals surface area (Å²) in [4.78, 5) is 32.9. The van der Waals surface area contributed by atoms with Crippen molar-refractivity contribution in [2.75, 3.05) is 33.3 Å². The molecule has 4 aromatic rings. The van der Waals surface area contributed by atoms with Gasteiger partial charge in [0, 0.05) is 62.8 Å². The minimum atomic E-state index is -4.47. The van der Waals surface area contributed by atoms with Gasteiger partial charge in [-0.1, -0.05) is 6.07 Å². The quantitative estimate of drug-likeness (QED) is 0.362. The molecular weight excluding hydrogens is 521 g/mol. The standard InChI is InChI=1S/C29H29F3N6O2/c1-40-25-17-33-8-5-22(25)20-2-3-23-24(15-20)36-26(35-23)16-21-14-19(4-9-34-21)18-37-10-12-38(13-11-37)27(39)28(6-7-28)29(30,31)32/h2-5,8-9,14-15,17H,6-7,10-13,16,18H2,1H3,(H,35,36). The molecule has 1 saturated carbocycles. The van der Waals surface area contributed by atoms with Crippen molar-refractivity contribution in [2.45, 2.75) is 32.0 Å². The number of hydrogen-bond acceptors (Lipinski definition) is 6. The highest BCUT2D eigenvalue weighted by Crippen LogP contribution is 2.58. The number of carbonyl (C=O) groups is 1. The van der Waals surface area contributed by atoms with E-state index in [1.807, 2.05) is 36.4 Å². The molecule has 11 heteroatoms. The number of halogens is 3. The van der Waals surface area contributed by atoms with E-state index in [0.717, 1.165) is 39.2 Å². The number of H-pyrrole nitrogens is 1. The molecule has 208 valence electrons. The Labute approximate surface area is 229 Å². The Morgan fingerprint density at radius 2 is 1.88 bits per heavy atom. The van der Waals surface area contributed by atoms with E-state index in [4.69, 9.17) is 9.72 Å². The molecular formula is C29H29F3N6O2. The lowest BCUT2D eigenvalue weighted by Crippen LogP contribution is -2.52. The van der Waals surface area contributed by atoms with Crippen molar-refractivity contribution in [3.63, 3.8) is 0 Å². The predicted molar refractivity (Wildman–Crippen MR) is 142 cm³/mol. The minimum Gasteiger partial charge on any atom is -0.494 e. The van der Waals surface area contributed by atoms with Crippen LogP contribution in [-0.2, 0) is 17.8 Å². The molecule has 4 heterocycles. The van der Waals surface area contributed by atoms with Crippen molar-refractivity contribution < 1.29 is 22.7 Å². The van der Waals surface area contributed by atoms with E-state index in [0.29, 0.717) is 44.9 Å². The third-order valence-electron chi connectivity index (χ3n) is 7.84. The first-order valence-corrected chi connectivity index (χ1v) is 13.2. The molecule has 1 aliphatic heterocycles. The maximum Gasteiger partial charge on any atom is 0.403 e. The molecule has 0 atom stereocenters. The van der Waals surface area contributed by atoms with Crippen LogP contribution in [0.3, 0.4) is 0 Å². The Morgan fingerprint density at radius 3 is 2.60 bits per heavy atom. The van der Waals surface area contributed by atoms with Gasteiger partial charge >= 0.3 is 6.18 Å². The molecule has 2 aliphatic rings. The molecule has 1 N–H and O–H groups in total. The first-order valence-electron chi connectivity index (χ1n) is 13.2. The summed E-state index contributed by atoms with van der Waals surface area (Å²) in [6.07, 6.45) is 1.05. The second-order valence-electron chi connectivity index (χ2n) is 10.5. The van der Waals surface area contributed by atoms with Crippen LogP contribution >= 0.6 is 0 Å². The number of amides is 1. The van der Waals surface area contributed by atoms with E-state index in [2.05, 4.69) is 19.9 Å². The predicted octanol–water partition coefficient (Wildman–Crippen LogP) is 4.61. The zero-order valence-electron chi connectivity index (χ0n) is 22.0. The molecule has 0 spiro atoms. The normalized spacial score (nSPS) is 17.2. The van der Waals surface area contributed by atoms with Crippen LogP contribution < -0.4 is 4.74 Å². The number of rotatable bonds is 7. The first kappa shape index (κ1) is 26.2. The number of aromatic amines is 1. The fourth-order valence-corrected chi connectivity index (χ4v) is 5.40. The van der Waals surface area contributed by atoms with Crippen LogP contribution in [-0.4, -0.2) is 75.1 Å². The van der Waals surface area contributed by atoms with E-state index >= 15 is 0 Å². The number of methoxy groups -OCH3 is 1. The van der Waals surface area contributed by atoms with Crippen LogP contribution in [0.25, 0.3) is 22.2 Å². The van der Waals surface area contributed by atoms with Crippen LogP contribution in [0.15, 0.2) is 55.0 Å². The summed E-state index contributed by atoms with van der Waals surface area (Å²) in [6, 6.07) is 11.9. The maximum absolute atomic E-state index is 13.4. The van der Waals surface area contributed by atoms with Gasteiger partial charge in [-0.25, -0.2) is 4.98 Å². The highest BCUT2D eigenvalue weighted by atomic mass is 19.4. The van der Waals surface area contributed by atoms with Gasteiger partial charge in [-0.3, -0.25) is 19.7 Å². The lowest BCUT2D eigenvalue weighted by molar-refractivity contribution is -0.199. The molecule has 40 heavy (non-hydrogen) atoms. The molecule has 6 rings (SSSR count). The van der Waals surface area contributed by atoms with E-state index in [-0.39, 0.29) is 12.8 Å². The van der Waals surface area contributed by atoms with Crippen molar-refractivity contribution in [1.82, 2.24) is 29.7 Å². The van der Waals surface area contributed by atoms with Crippen molar-refractivity contribution in [3.05, 3.63) is 72.1 Å². The zero-order valence-corrected chi connectivity index (χ0v) is 22.0. The van der Waals surface area contributed by atoms with Gasteiger partial charge in [0.25, 0.3) is 0 Å². The molecule has 0 unspecified atom stereocenters. The van der Waals surface area contributed by atoms with Crippen LogP contribution in [0, 0.1) is 5.41 Å². The van der Waals surface area contributed by atoms with Crippen molar-refractivity contribution in [2.24, 2.45) is 5.41 Å². The largest absolute Gasteiger partial charge is 0.494 e. The van der Waals surface area contributed by atoms with Gasteiger partial charge < -0.3 is 14.6 Å². The summed E-state index contributed by atoms with van der Waals surface area (Å²) in [5.41, 5.74) is 3.49. The number of benzene rings is 1. The molecule has 3 aromatic heterocycles. The zero-order chi connectivity index (χ0) is 27.9. The van der Waals surface area contributed by atoms with Gasteiger partial charge in [0.05, 0.1) is 24.3 Å². The fourth-order valence-electron chi connectivity index (χ4n) is 5.40. The van der Waals surface area contributed by atoms with Crippen LogP contribution in [0.4, 0.5) is 13.2 Å². The lowest BCUT2D eigenvalue weighted by Gasteiger charge is -2.37. The SMILES string of the molecule is COc1cnccc1-c1ccc2nc(Cc3cc(CN4CCN(C(=O)C5(C(F)(F)F)CC5)CC4)ccn3)[nH]c2c1. The van der Waals surface area contributed by atoms with Crippen molar-refractivity contribution in [1.29, 1.82) is 0 Å². The topological polar surface area (TPSA) is 87.2 Å². The van der Waals surface area contributed by atoms with Gasteiger partial charge in [0.15, 0.2) is 0 Å². The number of nitrogens with one attached hydrogen (secondary N) is 1. The van der Waals surface area contributed by atoms with Crippen LogP contribution in [0.1, 0.15) is 29.9 Å². The van der Waals surface area contributed by atoms with E-state index in [1.54, 1.807) is 25.7 Å². The number of piperazine rings is 1. The molecule has 1 saturated heterocycles. The van der Waals surface area contributed by atoms with Gasteiger partial charge in [0.2, 0.25) is 5.91 Å². The Hall–Kier alpha value is -3.99. The van der Waals surface area contributed by atoms with Crippen LogP contribution in [0.5, 0.6) is 5.75 Å². The van der Waals surface area contributed by atoms with Crippen molar-refractivity contribution in [3.8, 4) is 16.9 Å². The number of imidazole rings is 1. The third kappa shape index (κ3) is 5.01. The maximum atomic E-state index is 13.4. The molecule has 1 amide bonds. The number of fused-ring (bicyclic) bond motifs is 1. The number of ether oxygens (including phenoxy) is 1. The molecule has 2 fully saturated rings. The lowest BCUT2D eigenvalue weighted by atomic mass is 10.0. The molecule has 8 nitrogen and oxygen atoms in total. The Morgan fingerprint density at radius 1 is 1.07 bits per heavy atom. The summed E-state index contributed by atoms with van der Waals surface area (Å²) in [5.74, 6) is 0.733. The number of hydrogen-bond donors (Lipinski definition) is 1. The summed E-state index contributed by atoms with van der Waals surface area (Å²) in [6.45, 7) is 2.32. The van der Waals surface area contributed by atoms with Gasteiger partial charge in [-0.15, -0.1) is 0 Å². The van der Waals surface area contributed by atoms with Crippen LogP contribution in [0.2, 0.25) is 0 Å². The summed E-state index contributed by atoms with van der Waals surface area (Å²) in [7, 11) is 1.62. The molecule has 0 radical (unpaired) electrons. The monoisotopic (exact) mass is 550 g/mol. The van der Waals surface area contributed by atoms with Gasteiger partial charge in [0.1, 0.15) is 17.0 Å². The first-order chi connectivity index (χ1) is 19.3. The van der Waals surface area contributed by atoms with E-state index in [9.17, 15) is 18.0 Å².